The van der Waals surface area contributed by atoms with Gasteiger partial charge in [-0.1, -0.05) is 39.3 Å². The van der Waals surface area contributed by atoms with E-state index in [-0.39, 0.29) is 11.3 Å². The first kappa shape index (κ1) is 15.5. The maximum Gasteiger partial charge on any atom is 0.220 e. The molecule has 0 aliphatic heterocycles. The Balaban J connectivity index is 2.25. The third-order valence-corrected chi connectivity index (χ3v) is 4.58. The highest BCUT2D eigenvalue weighted by atomic mass is 35.5. The highest BCUT2D eigenvalue weighted by Crippen LogP contribution is 2.27. The fourth-order valence-electron chi connectivity index (χ4n) is 1.47. The molecule has 1 heterocycles. The van der Waals surface area contributed by atoms with Gasteiger partial charge in [0.1, 0.15) is 0 Å². The van der Waals surface area contributed by atoms with Crippen molar-refractivity contribution in [3.63, 3.8) is 0 Å². The van der Waals surface area contributed by atoms with E-state index in [9.17, 15) is 4.79 Å². The Hall–Kier alpha value is -0.540. The van der Waals surface area contributed by atoms with Gasteiger partial charge in [-0.25, -0.2) is 0 Å². The molecule has 1 atom stereocenters. The predicted octanol–water partition coefficient (Wildman–Crippen LogP) is 4.13. The van der Waals surface area contributed by atoms with E-state index in [4.69, 9.17) is 11.6 Å². The number of nitrogens with one attached hydrogen (secondary N) is 1. The molecule has 0 radical (unpaired) electrons. The van der Waals surface area contributed by atoms with Crippen LogP contribution in [0.5, 0.6) is 0 Å². The quantitative estimate of drug-likeness (QED) is 0.867. The topological polar surface area (TPSA) is 29.1 Å². The van der Waals surface area contributed by atoms with Crippen molar-refractivity contribution < 1.29 is 4.79 Å². The van der Waals surface area contributed by atoms with Gasteiger partial charge in [0.25, 0.3) is 0 Å². The largest absolute Gasteiger partial charge is 0.356 e. The van der Waals surface area contributed by atoms with E-state index in [1.54, 1.807) is 11.3 Å². The first-order valence-corrected chi connectivity index (χ1v) is 7.49. The molecule has 0 aliphatic rings. The van der Waals surface area contributed by atoms with Crippen molar-refractivity contribution in [1.82, 2.24) is 5.32 Å². The molecule has 0 saturated carbocycles. The lowest BCUT2D eigenvalue weighted by Crippen LogP contribution is -2.30. The van der Waals surface area contributed by atoms with Crippen LogP contribution in [-0.4, -0.2) is 12.5 Å². The summed E-state index contributed by atoms with van der Waals surface area (Å²) in [5.74, 6) is 0.522. The molecule has 0 spiro atoms. The molecule has 18 heavy (non-hydrogen) atoms. The van der Waals surface area contributed by atoms with Gasteiger partial charge in [-0.15, -0.1) is 11.3 Å². The van der Waals surface area contributed by atoms with Crippen LogP contribution in [0.2, 0.25) is 4.34 Å². The van der Waals surface area contributed by atoms with Gasteiger partial charge in [0.15, 0.2) is 0 Å². The average molecular weight is 288 g/mol. The van der Waals surface area contributed by atoms with E-state index in [1.165, 1.54) is 4.88 Å². The van der Waals surface area contributed by atoms with E-state index >= 15 is 0 Å². The number of hydrogen-bond donors (Lipinski definition) is 1. The number of halogens is 1. The number of carbonyl (C=O) groups is 1. The molecule has 4 heteroatoms. The van der Waals surface area contributed by atoms with Crippen molar-refractivity contribution >= 4 is 28.8 Å². The van der Waals surface area contributed by atoms with Crippen LogP contribution >= 0.6 is 22.9 Å². The monoisotopic (exact) mass is 287 g/mol. The normalized spacial score (nSPS) is 13.4. The van der Waals surface area contributed by atoms with E-state index in [0.717, 1.165) is 10.8 Å². The fraction of sp³-hybridized carbons (Fsp3) is 0.643. The minimum Gasteiger partial charge on any atom is -0.356 e. The lowest BCUT2D eigenvalue weighted by atomic mass is 9.80. The molecule has 0 aromatic carbocycles. The van der Waals surface area contributed by atoms with Gasteiger partial charge in [-0.05, 0) is 29.9 Å². The van der Waals surface area contributed by atoms with Crippen molar-refractivity contribution in [2.24, 2.45) is 11.3 Å². The molecular weight excluding hydrogens is 266 g/mol. The predicted molar refractivity (Wildman–Crippen MR) is 79.3 cm³/mol. The van der Waals surface area contributed by atoms with Crippen molar-refractivity contribution in [3.05, 3.63) is 21.3 Å². The summed E-state index contributed by atoms with van der Waals surface area (Å²) in [5, 5.41) is 2.97. The van der Waals surface area contributed by atoms with Crippen LogP contribution in [0.15, 0.2) is 12.1 Å². The van der Waals surface area contributed by atoms with Gasteiger partial charge >= 0.3 is 0 Å². The Labute approximate surface area is 119 Å². The standard InChI is InChI=1S/C14H22ClNOS/c1-10(14(2,3)4)9-13(17)16-8-7-11-5-6-12(15)18-11/h5-6,10H,7-9H2,1-4H3,(H,16,17). The molecule has 2 nitrogen and oxygen atoms in total. The number of hydrogen-bond acceptors (Lipinski definition) is 2. The molecule has 1 unspecified atom stereocenters. The highest BCUT2D eigenvalue weighted by Gasteiger charge is 2.22. The van der Waals surface area contributed by atoms with Crippen LogP contribution in [0.4, 0.5) is 0 Å². The Kier molecular flexibility index (Phi) is 5.67. The van der Waals surface area contributed by atoms with Crippen molar-refractivity contribution in [3.8, 4) is 0 Å². The Morgan fingerprint density at radius 3 is 2.61 bits per heavy atom. The Bertz CT molecular complexity index is 395. The lowest BCUT2D eigenvalue weighted by Gasteiger charge is -2.26. The van der Waals surface area contributed by atoms with Crippen molar-refractivity contribution in [1.29, 1.82) is 0 Å². The zero-order chi connectivity index (χ0) is 13.8. The van der Waals surface area contributed by atoms with Gasteiger partial charge in [-0.3, -0.25) is 4.79 Å². The summed E-state index contributed by atoms with van der Waals surface area (Å²) in [6.07, 6.45) is 1.45. The second kappa shape index (κ2) is 6.58. The summed E-state index contributed by atoms with van der Waals surface area (Å²) < 4.78 is 0.803. The minimum absolute atomic E-state index is 0.139. The highest BCUT2D eigenvalue weighted by molar-refractivity contribution is 7.16. The summed E-state index contributed by atoms with van der Waals surface area (Å²) in [4.78, 5) is 13.0. The Morgan fingerprint density at radius 1 is 1.44 bits per heavy atom. The van der Waals surface area contributed by atoms with Crippen molar-refractivity contribution in [2.45, 2.75) is 40.5 Å². The molecule has 1 aromatic rings. The maximum absolute atomic E-state index is 11.8. The molecule has 1 aromatic heterocycles. The van der Waals surface area contributed by atoms with Gasteiger partial charge in [-0.2, -0.15) is 0 Å². The fourth-order valence-corrected chi connectivity index (χ4v) is 2.55. The smallest absolute Gasteiger partial charge is 0.220 e. The van der Waals surface area contributed by atoms with Crippen LogP contribution in [0, 0.1) is 11.3 Å². The molecule has 1 amide bonds. The third kappa shape index (κ3) is 5.40. The zero-order valence-electron chi connectivity index (χ0n) is 11.5. The third-order valence-electron chi connectivity index (χ3n) is 3.29. The van der Waals surface area contributed by atoms with E-state index in [1.807, 2.05) is 12.1 Å². The van der Waals surface area contributed by atoms with Gasteiger partial charge in [0.2, 0.25) is 5.91 Å². The molecule has 0 aliphatic carbocycles. The van der Waals surface area contributed by atoms with E-state index in [0.29, 0.717) is 18.9 Å². The summed E-state index contributed by atoms with van der Waals surface area (Å²) in [6.45, 7) is 9.31. The van der Waals surface area contributed by atoms with Crippen LogP contribution < -0.4 is 5.32 Å². The summed E-state index contributed by atoms with van der Waals surface area (Å²) >= 11 is 7.42. The van der Waals surface area contributed by atoms with Crippen LogP contribution in [-0.2, 0) is 11.2 Å². The molecule has 102 valence electrons. The molecule has 0 saturated heterocycles. The van der Waals surface area contributed by atoms with Crippen LogP contribution in [0.25, 0.3) is 0 Å². The van der Waals surface area contributed by atoms with Gasteiger partial charge < -0.3 is 5.32 Å². The lowest BCUT2D eigenvalue weighted by molar-refractivity contribution is -0.122. The van der Waals surface area contributed by atoms with Crippen LogP contribution in [0.1, 0.15) is 39.0 Å². The molecule has 0 fully saturated rings. The summed E-state index contributed by atoms with van der Waals surface area (Å²) in [7, 11) is 0. The minimum atomic E-state index is 0.139. The number of thiophene rings is 1. The van der Waals surface area contributed by atoms with Crippen molar-refractivity contribution in [2.75, 3.05) is 6.54 Å². The second-order valence-corrected chi connectivity index (χ2v) is 7.58. The van der Waals surface area contributed by atoms with Crippen LogP contribution in [0.3, 0.4) is 0 Å². The van der Waals surface area contributed by atoms with Gasteiger partial charge in [0.05, 0.1) is 4.34 Å². The molecular formula is C14H22ClNOS. The molecule has 1 rings (SSSR count). The number of amides is 1. The first-order valence-electron chi connectivity index (χ1n) is 6.30. The Morgan fingerprint density at radius 2 is 2.11 bits per heavy atom. The van der Waals surface area contributed by atoms with E-state index in [2.05, 4.69) is 33.0 Å². The van der Waals surface area contributed by atoms with E-state index < -0.39 is 0 Å². The zero-order valence-corrected chi connectivity index (χ0v) is 13.1. The summed E-state index contributed by atoms with van der Waals surface area (Å²) in [5.41, 5.74) is 0.179. The molecule has 1 N–H and O–H groups in total. The second-order valence-electron chi connectivity index (χ2n) is 5.78. The number of rotatable bonds is 5. The number of carbonyl (C=O) groups excluding carboxylic acids is 1. The maximum atomic E-state index is 11.8. The first-order chi connectivity index (χ1) is 8.29. The summed E-state index contributed by atoms with van der Waals surface area (Å²) in [6, 6.07) is 3.90. The average Bonchev–Trinajstić information content (AvgIpc) is 2.62. The van der Waals surface area contributed by atoms with Gasteiger partial charge in [0, 0.05) is 17.8 Å². The molecule has 0 bridgehead atoms. The SMILES string of the molecule is CC(CC(=O)NCCc1ccc(Cl)s1)C(C)(C)C.